The minimum absolute atomic E-state index is 0.195. The predicted molar refractivity (Wildman–Crippen MR) is 116 cm³/mol. The SMILES string of the molecule is Cc1cn2c3c(=O)n(Cc4ccccc4)c(=O)n(C)c3nc2n1-c1ccccc1N. The Morgan fingerprint density at radius 3 is 2.43 bits per heavy atom. The van der Waals surface area contributed by atoms with Gasteiger partial charge in [-0.1, -0.05) is 42.5 Å². The van der Waals surface area contributed by atoms with E-state index in [1.54, 1.807) is 11.4 Å². The molecule has 3 heterocycles. The van der Waals surface area contributed by atoms with E-state index in [0.29, 0.717) is 22.6 Å². The summed E-state index contributed by atoms with van der Waals surface area (Å²) >= 11 is 0. The lowest BCUT2D eigenvalue weighted by Gasteiger charge is -2.09. The van der Waals surface area contributed by atoms with E-state index in [1.807, 2.05) is 72.3 Å². The van der Waals surface area contributed by atoms with Crippen LogP contribution in [0.15, 0.2) is 70.4 Å². The normalized spacial score (nSPS) is 11.5. The minimum Gasteiger partial charge on any atom is -0.397 e. The Hall–Kier alpha value is -4.07. The van der Waals surface area contributed by atoms with Crippen molar-refractivity contribution in [3.63, 3.8) is 0 Å². The number of rotatable bonds is 3. The van der Waals surface area contributed by atoms with Gasteiger partial charge in [0.1, 0.15) is 0 Å². The van der Waals surface area contributed by atoms with E-state index in [-0.39, 0.29) is 12.1 Å². The third kappa shape index (κ3) is 2.50. The minimum atomic E-state index is -0.403. The number of nitrogen functional groups attached to an aromatic ring is 1. The molecule has 0 saturated heterocycles. The Morgan fingerprint density at radius 2 is 1.70 bits per heavy atom. The molecule has 0 aliphatic rings. The second-order valence-electron chi connectivity index (χ2n) is 7.34. The van der Waals surface area contributed by atoms with Gasteiger partial charge in [-0.2, -0.15) is 4.98 Å². The molecule has 8 heteroatoms. The number of anilines is 1. The summed E-state index contributed by atoms with van der Waals surface area (Å²) in [5, 5.41) is 0. The molecule has 0 spiro atoms. The summed E-state index contributed by atoms with van der Waals surface area (Å²) < 4.78 is 6.29. The molecule has 0 radical (unpaired) electrons. The van der Waals surface area contributed by atoms with Gasteiger partial charge in [-0.3, -0.25) is 22.9 Å². The van der Waals surface area contributed by atoms with Crippen LogP contribution in [-0.2, 0) is 13.6 Å². The average Bonchev–Trinajstić information content (AvgIpc) is 3.26. The molecule has 0 amide bonds. The van der Waals surface area contributed by atoms with Crippen LogP contribution in [0.5, 0.6) is 0 Å². The first kappa shape index (κ1) is 18.0. The molecule has 0 fully saturated rings. The van der Waals surface area contributed by atoms with Gasteiger partial charge in [-0.25, -0.2) is 4.79 Å². The largest absolute Gasteiger partial charge is 0.397 e. The first-order chi connectivity index (χ1) is 14.5. The molecule has 2 aromatic carbocycles. The van der Waals surface area contributed by atoms with Crippen LogP contribution in [0.3, 0.4) is 0 Å². The topological polar surface area (TPSA) is 92.2 Å². The van der Waals surface area contributed by atoms with Crippen molar-refractivity contribution in [1.29, 1.82) is 0 Å². The van der Waals surface area contributed by atoms with E-state index in [2.05, 4.69) is 4.98 Å². The van der Waals surface area contributed by atoms with E-state index in [9.17, 15) is 9.59 Å². The molecular weight excluding hydrogens is 380 g/mol. The zero-order chi connectivity index (χ0) is 21.0. The third-order valence-electron chi connectivity index (χ3n) is 5.39. The second kappa shape index (κ2) is 6.48. The van der Waals surface area contributed by atoms with E-state index in [4.69, 9.17) is 5.73 Å². The summed E-state index contributed by atoms with van der Waals surface area (Å²) in [5.41, 5.74) is 9.23. The summed E-state index contributed by atoms with van der Waals surface area (Å²) in [6.45, 7) is 2.12. The molecule has 8 nitrogen and oxygen atoms in total. The molecule has 5 rings (SSSR count). The first-order valence-corrected chi connectivity index (χ1v) is 9.56. The Kier molecular flexibility index (Phi) is 3.89. The molecule has 5 aromatic rings. The zero-order valence-corrected chi connectivity index (χ0v) is 16.6. The van der Waals surface area contributed by atoms with E-state index in [1.165, 1.54) is 9.13 Å². The van der Waals surface area contributed by atoms with Gasteiger partial charge >= 0.3 is 5.69 Å². The highest BCUT2D eigenvalue weighted by Crippen LogP contribution is 2.24. The van der Waals surface area contributed by atoms with Gasteiger partial charge in [0.2, 0.25) is 5.78 Å². The maximum atomic E-state index is 13.4. The zero-order valence-electron chi connectivity index (χ0n) is 16.6. The molecule has 0 unspecified atom stereocenters. The molecule has 0 aliphatic heterocycles. The van der Waals surface area contributed by atoms with Gasteiger partial charge in [0.25, 0.3) is 5.56 Å². The van der Waals surface area contributed by atoms with Gasteiger partial charge in [-0.05, 0) is 24.6 Å². The predicted octanol–water partition coefficient (Wildman–Crippen LogP) is 2.08. The van der Waals surface area contributed by atoms with Crippen molar-refractivity contribution < 1.29 is 0 Å². The van der Waals surface area contributed by atoms with Crippen LogP contribution < -0.4 is 17.0 Å². The Bertz CT molecular complexity index is 1540. The standard InChI is InChI=1S/C22H20N6O2/c1-14-12-26-18-19(24-21(26)28(14)17-11-7-6-10-16(17)23)25(2)22(30)27(20(18)29)13-15-8-4-3-5-9-15/h3-12H,13,23H2,1-2H3. The third-order valence-corrected chi connectivity index (χ3v) is 5.39. The molecule has 30 heavy (non-hydrogen) atoms. The van der Waals surface area contributed by atoms with Crippen molar-refractivity contribution in [2.45, 2.75) is 13.5 Å². The average molecular weight is 400 g/mol. The molecule has 3 aromatic heterocycles. The number of aryl methyl sites for hydroxylation is 2. The van der Waals surface area contributed by atoms with Crippen LogP contribution in [0.4, 0.5) is 5.69 Å². The molecule has 0 bridgehead atoms. The monoisotopic (exact) mass is 400 g/mol. The fourth-order valence-corrected chi connectivity index (χ4v) is 3.90. The van der Waals surface area contributed by atoms with Crippen LogP contribution in [-0.4, -0.2) is 23.1 Å². The van der Waals surface area contributed by atoms with Crippen LogP contribution in [0, 0.1) is 6.92 Å². The van der Waals surface area contributed by atoms with Crippen LogP contribution >= 0.6 is 0 Å². The molecule has 0 saturated carbocycles. The molecular formula is C22H20N6O2. The highest BCUT2D eigenvalue weighted by atomic mass is 16.2. The maximum absolute atomic E-state index is 13.4. The lowest BCUT2D eigenvalue weighted by Crippen LogP contribution is -2.39. The van der Waals surface area contributed by atoms with Crippen molar-refractivity contribution in [3.05, 3.63) is 92.9 Å². The van der Waals surface area contributed by atoms with Crippen LogP contribution in [0.1, 0.15) is 11.3 Å². The lowest BCUT2D eigenvalue weighted by atomic mass is 10.2. The molecule has 2 N–H and O–H groups in total. The van der Waals surface area contributed by atoms with E-state index in [0.717, 1.165) is 16.9 Å². The number of aromatic nitrogens is 5. The highest BCUT2D eigenvalue weighted by Gasteiger charge is 2.21. The number of imidazole rings is 2. The molecule has 150 valence electrons. The van der Waals surface area contributed by atoms with Crippen molar-refractivity contribution in [3.8, 4) is 5.69 Å². The number of nitrogens with two attached hydrogens (primary N) is 1. The number of hydrogen-bond donors (Lipinski definition) is 1. The Labute approximate surface area is 171 Å². The summed E-state index contributed by atoms with van der Waals surface area (Å²) in [6.07, 6.45) is 1.84. The summed E-state index contributed by atoms with van der Waals surface area (Å²) in [4.78, 5) is 30.9. The lowest BCUT2D eigenvalue weighted by molar-refractivity contribution is 0.656. The number of para-hydroxylation sites is 2. The first-order valence-electron chi connectivity index (χ1n) is 9.56. The van der Waals surface area contributed by atoms with Gasteiger partial charge in [-0.15, -0.1) is 0 Å². The summed E-state index contributed by atoms with van der Waals surface area (Å²) in [7, 11) is 1.63. The van der Waals surface area contributed by atoms with Gasteiger partial charge < -0.3 is 5.73 Å². The Balaban J connectivity index is 1.83. The number of fused-ring (bicyclic) bond motifs is 3. The number of hydrogen-bond acceptors (Lipinski definition) is 4. The van der Waals surface area contributed by atoms with Gasteiger partial charge in [0.05, 0.1) is 17.9 Å². The van der Waals surface area contributed by atoms with Crippen molar-refractivity contribution in [1.82, 2.24) is 23.1 Å². The van der Waals surface area contributed by atoms with Gasteiger partial charge in [0.15, 0.2) is 11.2 Å². The van der Waals surface area contributed by atoms with E-state index < -0.39 is 5.69 Å². The summed E-state index contributed by atoms with van der Waals surface area (Å²) in [5.74, 6) is 0.532. The fourth-order valence-electron chi connectivity index (χ4n) is 3.90. The van der Waals surface area contributed by atoms with Crippen LogP contribution in [0.2, 0.25) is 0 Å². The maximum Gasteiger partial charge on any atom is 0.332 e. The fraction of sp³-hybridized carbons (Fsp3) is 0.136. The molecule has 0 atom stereocenters. The van der Waals surface area contributed by atoms with Gasteiger partial charge in [0, 0.05) is 18.9 Å². The van der Waals surface area contributed by atoms with Crippen molar-refractivity contribution in [2.75, 3.05) is 5.73 Å². The molecule has 0 aliphatic carbocycles. The van der Waals surface area contributed by atoms with Crippen molar-refractivity contribution >= 4 is 22.6 Å². The second-order valence-corrected chi connectivity index (χ2v) is 7.34. The van der Waals surface area contributed by atoms with E-state index >= 15 is 0 Å². The summed E-state index contributed by atoms with van der Waals surface area (Å²) in [6, 6.07) is 16.9. The van der Waals surface area contributed by atoms with Crippen LogP contribution in [0.25, 0.3) is 22.6 Å². The smallest absolute Gasteiger partial charge is 0.332 e. The van der Waals surface area contributed by atoms with Crippen molar-refractivity contribution in [2.24, 2.45) is 7.05 Å². The Morgan fingerprint density at radius 1 is 1.00 bits per heavy atom. The number of nitrogens with zero attached hydrogens (tertiary/aromatic N) is 5. The quantitative estimate of drug-likeness (QED) is 0.469. The highest BCUT2D eigenvalue weighted by molar-refractivity contribution is 5.77. The number of benzene rings is 2.